The Morgan fingerprint density at radius 2 is 1.92 bits per heavy atom. The molecule has 0 saturated carbocycles. The first kappa shape index (κ1) is 25.0. The van der Waals surface area contributed by atoms with Gasteiger partial charge in [0.2, 0.25) is 5.91 Å². The Balaban J connectivity index is 1.41. The zero-order chi connectivity index (χ0) is 25.9. The number of imidazole rings is 1. The molecule has 1 aromatic heterocycles. The SMILES string of the molecule is COc1cc(/C=C2\CCCN([C@H](C)c3ccc(F)cc3N3CCOCC3)C2=O)ccc1-n1cnc(C)c1. The molecule has 1 amide bonds. The van der Waals surface area contributed by atoms with Gasteiger partial charge in [-0.25, -0.2) is 9.37 Å². The highest BCUT2D eigenvalue weighted by Crippen LogP contribution is 2.35. The largest absolute Gasteiger partial charge is 0.495 e. The average molecular weight is 505 g/mol. The van der Waals surface area contributed by atoms with Crippen LogP contribution in [0.4, 0.5) is 10.1 Å². The fourth-order valence-corrected chi connectivity index (χ4v) is 5.20. The normalized spacial score (nSPS) is 18.4. The first-order valence-corrected chi connectivity index (χ1v) is 12.8. The number of benzene rings is 2. The van der Waals surface area contributed by atoms with Gasteiger partial charge in [0, 0.05) is 37.1 Å². The lowest BCUT2D eigenvalue weighted by atomic mass is 9.96. The first-order valence-electron chi connectivity index (χ1n) is 12.8. The monoisotopic (exact) mass is 504 g/mol. The summed E-state index contributed by atoms with van der Waals surface area (Å²) in [5.41, 5.74) is 5.29. The summed E-state index contributed by atoms with van der Waals surface area (Å²) in [5, 5.41) is 0. The highest BCUT2D eigenvalue weighted by atomic mass is 19.1. The molecule has 3 aromatic rings. The fraction of sp³-hybridized carbons (Fsp3) is 0.379. The van der Waals surface area contributed by atoms with Gasteiger partial charge in [-0.3, -0.25) is 4.79 Å². The smallest absolute Gasteiger partial charge is 0.250 e. The lowest BCUT2D eigenvalue weighted by Crippen LogP contribution is -2.41. The minimum Gasteiger partial charge on any atom is -0.495 e. The molecule has 37 heavy (non-hydrogen) atoms. The van der Waals surface area contributed by atoms with Crippen LogP contribution in [-0.2, 0) is 9.53 Å². The van der Waals surface area contributed by atoms with E-state index in [1.807, 2.05) is 59.9 Å². The Morgan fingerprint density at radius 1 is 1.11 bits per heavy atom. The lowest BCUT2D eigenvalue weighted by molar-refractivity contribution is -0.130. The van der Waals surface area contributed by atoms with Gasteiger partial charge in [0.15, 0.2) is 0 Å². The van der Waals surface area contributed by atoms with Gasteiger partial charge >= 0.3 is 0 Å². The van der Waals surface area contributed by atoms with Crippen molar-refractivity contribution >= 4 is 17.7 Å². The third kappa shape index (κ3) is 5.25. The van der Waals surface area contributed by atoms with Crippen molar-refractivity contribution in [1.29, 1.82) is 0 Å². The van der Waals surface area contributed by atoms with Crippen LogP contribution in [0.1, 0.15) is 42.6 Å². The number of likely N-dealkylation sites (tertiary alicyclic amines) is 1. The van der Waals surface area contributed by atoms with Crippen molar-refractivity contribution in [1.82, 2.24) is 14.5 Å². The second-order valence-corrected chi connectivity index (χ2v) is 9.60. The molecular weight excluding hydrogens is 471 g/mol. The van der Waals surface area contributed by atoms with E-state index in [2.05, 4.69) is 9.88 Å². The number of rotatable bonds is 6. The molecule has 2 saturated heterocycles. The van der Waals surface area contributed by atoms with Gasteiger partial charge in [0.1, 0.15) is 11.6 Å². The van der Waals surface area contributed by atoms with Gasteiger partial charge in [0.05, 0.1) is 44.1 Å². The molecule has 2 aliphatic heterocycles. The zero-order valence-electron chi connectivity index (χ0n) is 21.6. The van der Waals surface area contributed by atoms with E-state index in [0.717, 1.165) is 40.2 Å². The van der Waals surface area contributed by atoms with Crippen LogP contribution in [-0.4, -0.2) is 60.3 Å². The van der Waals surface area contributed by atoms with Crippen LogP contribution in [0.15, 0.2) is 54.5 Å². The second-order valence-electron chi connectivity index (χ2n) is 9.60. The number of piperidine rings is 1. The summed E-state index contributed by atoms with van der Waals surface area (Å²) in [6.45, 7) is 7.28. The maximum atomic E-state index is 14.2. The highest BCUT2D eigenvalue weighted by molar-refractivity contribution is 5.99. The van der Waals surface area contributed by atoms with Gasteiger partial charge in [-0.15, -0.1) is 0 Å². The van der Waals surface area contributed by atoms with Crippen molar-refractivity contribution in [2.45, 2.75) is 32.7 Å². The summed E-state index contributed by atoms with van der Waals surface area (Å²) in [5.74, 6) is 0.456. The zero-order valence-corrected chi connectivity index (χ0v) is 21.6. The van der Waals surface area contributed by atoms with E-state index in [1.54, 1.807) is 19.5 Å². The Kier molecular flexibility index (Phi) is 7.28. The molecule has 2 aromatic carbocycles. The maximum absolute atomic E-state index is 14.2. The Bertz CT molecular complexity index is 1310. The van der Waals surface area contributed by atoms with Crippen molar-refractivity contribution in [2.75, 3.05) is 44.9 Å². The van der Waals surface area contributed by atoms with E-state index < -0.39 is 0 Å². The summed E-state index contributed by atoms with van der Waals surface area (Å²) in [6.07, 6.45) is 7.25. The fourth-order valence-electron chi connectivity index (χ4n) is 5.20. The molecule has 0 aliphatic carbocycles. The minimum atomic E-state index is -0.272. The molecule has 5 rings (SSSR count). The average Bonchev–Trinajstić information content (AvgIpc) is 3.35. The number of methoxy groups -OCH3 is 1. The highest BCUT2D eigenvalue weighted by Gasteiger charge is 2.30. The number of halogens is 1. The number of ether oxygens (including phenoxy) is 2. The van der Waals surface area contributed by atoms with Crippen molar-refractivity contribution in [2.24, 2.45) is 0 Å². The van der Waals surface area contributed by atoms with E-state index in [-0.39, 0.29) is 17.8 Å². The third-order valence-corrected chi connectivity index (χ3v) is 7.18. The molecule has 0 radical (unpaired) electrons. The van der Waals surface area contributed by atoms with E-state index in [4.69, 9.17) is 9.47 Å². The molecule has 0 spiro atoms. The molecule has 0 N–H and O–H groups in total. The molecule has 0 unspecified atom stereocenters. The van der Waals surface area contributed by atoms with E-state index in [9.17, 15) is 9.18 Å². The Hall–Kier alpha value is -3.65. The molecule has 8 heteroatoms. The predicted octanol–water partition coefficient (Wildman–Crippen LogP) is 4.93. The lowest BCUT2D eigenvalue weighted by Gasteiger charge is -2.37. The summed E-state index contributed by atoms with van der Waals surface area (Å²) in [6, 6.07) is 10.6. The number of aromatic nitrogens is 2. The molecule has 1 atom stereocenters. The van der Waals surface area contributed by atoms with E-state index in [1.165, 1.54) is 6.07 Å². The van der Waals surface area contributed by atoms with Crippen LogP contribution >= 0.6 is 0 Å². The van der Waals surface area contributed by atoms with Crippen molar-refractivity contribution in [3.05, 3.63) is 77.1 Å². The van der Waals surface area contributed by atoms with E-state index in [0.29, 0.717) is 45.0 Å². The number of hydrogen-bond donors (Lipinski definition) is 0. The van der Waals surface area contributed by atoms with Gasteiger partial charge < -0.3 is 23.8 Å². The molecule has 0 bridgehead atoms. The molecule has 2 fully saturated rings. The summed E-state index contributed by atoms with van der Waals surface area (Å²) < 4.78 is 27.3. The second kappa shape index (κ2) is 10.8. The molecule has 2 aliphatic rings. The number of carbonyl (C=O) groups is 1. The van der Waals surface area contributed by atoms with Crippen molar-refractivity contribution < 1.29 is 18.7 Å². The quantitative estimate of drug-likeness (QED) is 0.446. The number of carbonyl (C=O) groups excluding carboxylic acids is 1. The minimum absolute atomic E-state index is 0.0179. The first-order chi connectivity index (χ1) is 17.9. The van der Waals surface area contributed by atoms with Crippen LogP contribution in [0, 0.1) is 12.7 Å². The summed E-state index contributed by atoms with van der Waals surface area (Å²) in [7, 11) is 1.64. The van der Waals surface area contributed by atoms with Gasteiger partial charge in [0.25, 0.3) is 0 Å². The summed E-state index contributed by atoms with van der Waals surface area (Å²) >= 11 is 0. The number of amides is 1. The van der Waals surface area contributed by atoms with E-state index >= 15 is 0 Å². The van der Waals surface area contributed by atoms with Gasteiger partial charge in [-0.1, -0.05) is 12.1 Å². The number of anilines is 1. The summed E-state index contributed by atoms with van der Waals surface area (Å²) in [4.78, 5) is 22.0. The number of nitrogens with zero attached hydrogens (tertiary/aromatic N) is 4. The molecule has 7 nitrogen and oxygen atoms in total. The molecule has 194 valence electrons. The number of aryl methyl sites for hydroxylation is 1. The number of morpholine rings is 1. The molecular formula is C29H33FN4O3. The number of hydrogen-bond acceptors (Lipinski definition) is 5. The Morgan fingerprint density at radius 3 is 2.65 bits per heavy atom. The predicted molar refractivity (Wildman–Crippen MR) is 142 cm³/mol. The van der Waals surface area contributed by atoms with Crippen LogP contribution in [0.25, 0.3) is 11.8 Å². The van der Waals surface area contributed by atoms with Crippen LogP contribution in [0.5, 0.6) is 5.75 Å². The van der Waals surface area contributed by atoms with Gasteiger partial charge in [-0.05, 0) is 68.2 Å². The van der Waals surface area contributed by atoms with Crippen molar-refractivity contribution in [3.8, 4) is 11.4 Å². The van der Waals surface area contributed by atoms with Crippen LogP contribution in [0.3, 0.4) is 0 Å². The third-order valence-electron chi connectivity index (χ3n) is 7.18. The van der Waals surface area contributed by atoms with Crippen LogP contribution < -0.4 is 9.64 Å². The van der Waals surface area contributed by atoms with Crippen molar-refractivity contribution in [3.63, 3.8) is 0 Å². The van der Waals surface area contributed by atoms with Gasteiger partial charge in [-0.2, -0.15) is 0 Å². The molecule has 3 heterocycles. The maximum Gasteiger partial charge on any atom is 0.250 e. The standard InChI is InChI=1S/C29H33FN4O3/c1-20-18-33(19-31-20)26-9-6-22(16-28(26)36-3)15-23-5-4-10-34(29(23)35)21(2)25-8-7-24(30)17-27(25)32-11-13-37-14-12-32/h6-9,15-19,21H,4-5,10-14H2,1-3H3/b23-15+/t21-/m1/s1. The topological polar surface area (TPSA) is 59.8 Å². The Labute approximate surface area is 217 Å². The van der Waals surface area contributed by atoms with Crippen LogP contribution in [0.2, 0.25) is 0 Å².